The zero-order valence-corrected chi connectivity index (χ0v) is 12.3. The lowest BCUT2D eigenvalue weighted by molar-refractivity contribution is -0.142. The standard InChI is InChI=1S/C16H22N2O3/c1-2-18(14-6-4-3-5-7-14)16(21)17-13-10-8-12(9-11-13)15(19)20/h3-7,12-13H,2,8-11H2,1H3,(H,17,21)(H,19,20). The smallest absolute Gasteiger partial charge is 0.322 e. The second kappa shape index (κ2) is 7.11. The Balaban J connectivity index is 1.91. The number of benzene rings is 1. The molecule has 5 heteroatoms. The van der Waals surface area contributed by atoms with Crippen LogP contribution in [0.1, 0.15) is 32.6 Å². The molecule has 1 fully saturated rings. The monoisotopic (exact) mass is 290 g/mol. The number of aliphatic carboxylic acids is 1. The van der Waals surface area contributed by atoms with Crippen LogP contribution >= 0.6 is 0 Å². The van der Waals surface area contributed by atoms with Crippen LogP contribution in [-0.4, -0.2) is 29.7 Å². The number of anilines is 1. The molecule has 0 aliphatic heterocycles. The van der Waals surface area contributed by atoms with E-state index in [4.69, 9.17) is 5.11 Å². The van der Waals surface area contributed by atoms with Crippen molar-refractivity contribution in [2.75, 3.05) is 11.4 Å². The van der Waals surface area contributed by atoms with Crippen molar-refractivity contribution in [3.05, 3.63) is 30.3 Å². The third-order valence-corrected chi connectivity index (χ3v) is 4.03. The summed E-state index contributed by atoms with van der Waals surface area (Å²) in [7, 11) is 0. The lowest BCUT2D eigenvalue weighted by Crippen LogP contribution is -2.46. The Bertz CT molecular complexity index is 482. The lowest BCUT2D eigenvalue weighted by Gasteiger charge is -2.29. The van der Waals surface area contributed by atoms with E-state index in [1.165, 1.54) is 0 Å². The van der Waals surface area contributed by atoms with Gasteiger partial charge in [0, 0.05) is 18.3 Å². The molecule has 5 nitrogen and oxygen atoms in total. The molecule has 0 radical (unpaired) electrons. The van der Waals surface area contributed by atoms with Crippen LogP contribution in [0.25, 0.3) is 0 Å². The van der Waals surface area contributed by atoms with E-state index in [2.05, 4.69) is 5.32 Å². The molecule has 0 bridgehead atoms. The molecule has 0 spiro atoms. The van der Waals surface area contributed by atoms with Crippen LogP contribution in [0.3, 0.4) is 0 Å². The first kappa shape index (κ1) is 15.4. The lowest BCUT2D eigenvalue weighted by atomic mass is 9.86. The molecule has 114 valence electrons. The Kier molecular flexibility index (Phi) is 5.20. The van der Waals surface area contributed by atoms with Gasteiger partial charge in [0.05, 0.1) is 5.92 Å². The molecule has 2 rings (SSSR count). The van der Waals surface area contributed by atoms with Gasteiger partial charge >= 0.3 is 12.0 Å². The van der Waals surface area contributed by atoms with Crippen LogP contribution in [0.2, 0.25) is 0 Å². The van der Waals surface area contributed by atoms with E-state index >= 15 is 0 Å². The minimum atomic E-state index is -0.723. The number of amides is 2. The molecule has 1 aliphatic carbocycles. The summed E-state index contributed by atoms with van der Waals surface area (Å²) in [5, 5.41) is 12.0. The van der Waals surface area contributed by atoms with E-state index in [0.717, 1.165) is 18.5 Å². The summed E-state index contributed by atoms with van der Waals surface area (Å²) in [6, 6.07) is 9.51. The average molecular weight is 290 g/mol. The number of hydrogen-bond donors (Lipinski definition) is 2. The second-order valence-electron chi connectivity index (χ2n) is 5.42. The maximum atomic E-state index is 12.4. The van der Waals surface area contributed by atoms with Gasteiger partial charge in [0.15, 0.2) is 0 Å². The van der Waals surface area contributed by atoms with Gasteiger partial charge in [-0.3, -0.25) is 9.69 Å². The number of nitrogens with zero attached hydrogens (tertiary/aromatic N) is 1. The predicted molar refractivity (Wildman–Crippen MR) is 81.4 cm³/mol. The zero-order valence-electron chi connectivity index (χ0n) is 12.3. The van der Waals surface area contributed by atoms with Gasteiger partial charge in [-0.2, -0.15) is 0 Å². The van der Waals surface area contributed by atoms with Crippen LogP contribution in [0.15, 0.2) is 30.3 Å². The topological polar surface area (TPSA) is 69.6 Å². The molecule has 0 atom stereocenters. The summed E-state index contributed by atoms with van der Waals surface area (Å²) in [5.41, 5.74) is 0.872. The first-order valence-electron chi connectivity index (χ1n) is 7.47. The molecule has 1 aromatic rings. The Morgan fingerprint density at radius 2 is 1.81 bits per heavy atom. The highest BCUT2D eigenvalue weighted by Crippen LogP contribution is 2.24. The van der Waals surface area contributed by atoms with E-state index in [9.17, 15) is 9.59 Å². The fourth-order valence-corrected chi connectivity index (χ4v) is 2.79. The number of nitrogens with one attached hydrogen (secondary N) is 1. The van der Waals surface area contributed by atoms with Gasteiger partial charge in [0.25, 0.3) is 0 Å². The van der Waals surface area contributed by atoms with Gasteiger partial charge < -0.3 is 10.4 Å². The summed E-state index contributed by atoms with van der Waals surface area (Å²) in [4.78, 5) is 25.0. The predicted octanol–water partition coefficient (Wildman–Crippen LogP) is 2.87. The van der Waals surface area contributed by atoms with E-state index in [-0.39, 0.29) is 18.0 Å². The molecule has 1 aromatic carbocycles. The molecule has 0 saturated heterocycles. The van der Waals surface area contributed by atoms with Crippen molar-refractivity contribution in [1.82, 2.24) is 5.32 Å². The van der Waals surface area contributed by atoms with Crippen LogP contribution in [-0.2, 0) is 4.79 Å². The number of hydrogen-bond acceptors (Lipinski definition) is 2. The van der Waals surface area contributed by atoms with Gasteiger partial charge in [-0.1, -0.05) is 18.2 Å². The van der Waals surface area contributed by atoms with Crippen molar-refractivity contribution in [2.24, 2.45) is 5.92 Å². The summed E-state index contributed by atoms with van der Waals surface area (Å²) in [6.07, 6.45) is 2.74. The molecule has 21 heavy (non-hydrogen) atoms. The highest BCUT2D eigenvalue weighted by Gasteiger charge is 2.27. The summed E-state index contributed by atoms with van der Waals surface area (Å²) >= 11 is 0. The van der Waals surface area contributed by atoms with Crippen molar-refractivity contribution >= 4 is 17.7 Å². The third kappa shape index (κ3) is 3.97. The molecular weight excluding hydrogens is 268 g/mol. The molecule has 0 heterocycles. The summed E-state index contributed by atoms with van der Waals surface area (Å²) < 4.78 is 0. The fraction of sp³-hybridized carbons (Fsp3) is 0.500. The van der Waals surface area contributed by atoms with Gasteiger partial charge in [0.2, 0.25) is 0 Å². The minimum Gasteiger partial charge on any atom is -0.481 e. The van der Waals surface area contributed by atoms with E-state index < -0.39 is 5.97 Å². The summed E-state index contributed by atoms with van der Waals surface area (Å²) in [5.74, 6) is -0.978. The van der Waals surface area contributed by atoms with E-state index in [0.29, 0.717) is 19.4 Å². The molecule has 1 aliphatic rings. The quantitative estimate of drug-likeness (QED) is 0.895. The SMILES string of the molecule is CCN(C(=O)NC1CCC(C(=O)O)CC1)c1ccccc1. The Labute approximate surface area is 125 Å². The zero-order chi connectivity index (χ0) is 15.2. The fourth-order valence-electron chi connectivity index (χ4n) is 2.79. The number of carbonyl (C=O) groups excluding carboxylic acids is 1. The molecule has 1 saturated carbocycles. The van der Waals surface area contributed by atoms with Crippen molar-refractivity contribution < 1.29 is 14.7 Å². The maximum Gasteiger partial charge on any atom is 0.322 e. The molecule has 2 amide bonds. The van der Waals surface area contributed by atoms with Crippen molar-refractivity contribution in [3.8, 4) is 0 Å². The van der Waals surface area contributed by atoms with Gasteiger partial charge in [0.1, 0.15) is 0 Å². The molecule has 2 N–H and O–H groups in total. The number of carbonyl (C=O) groups is 2. The van der Waals surface area contributed by atoms with Crippen molar-refractivity contribution in [1.29, 1.82) is 0 Å². The van der Waals surface area contributed by atoms with Gasteiger partial charge in [-0.05, 0) is 44.7 Å². The van der Waals surface area contributed by atoms with Crippen LogP contribution in [0.5, 0.6) is 0 Å². The first-order valence-corrected chi connectivity index (χ1v) is 7.47. The van der Waals surface area contributed by atoms with Crippen molar-refractivity contribution in [3.63, 3.8) is 0 Å². The third-order valence-electron chi connectivity index (χ3n) is 4.03. The van der Waals surface area contributed by atoms with E-state index in [1.54, 1.807) is 4.90 Å². The van der Waals surface area contributed by atoms with Crippen LogP contribution in [0.4, 0.5) is 10.5 Å². The Hall–Kier alpha value is -2.04. The second-order valence-corrected chi connectivity index (χ2v) is 5.42. The molecule has 0 unspecified atom stereocenters. The number of rotatable bonds is 4. The van der Waals surface area contributed by atoms with Crippen molar-refractivity contribution in [2.45, 2.75) is 38.6 Å². The summed E-state index contributed by atoms with van der Waals surface area (Å²) in [6.45, 7) is 2.54. The van der Waals surface area contributed by atoms with Crippen LogP contribution < -0.4 is 10.2 Å². The molecule has 0 aromatic heterocycles. The number of para-hydroxylation sites is 1. The highest BCUT2D eigenvalue weighted by atomic mass is 16.4. The first-order chi connectivity index (χ1) is 10.1. The maximum absolute atomic E-state index is 12.4. The Morgan fingerprint density at radius 1 is 1.19 bits per heavy atom. The van der Waals surface area contributed by atoms with Gasteiger partial charge in [-0.15, -0.1) is 0 Å². The Morgan fingerprint density at radius 3 is 2.33 bits per heavy atom. The normalized spacial score (nSPS) is 21.6. The number of urea groups is 1. The minimum absolute atomic E-state index is 0.0749. The van der Waals surface area contributed by atoms with Gasteiger partial charge in [-0.25, -0.2) is 4.79 Å². The molecular formula is C16H22N2O3. The number of carboxylic acids is 1. The largest absolute Gasteiger partial charge is 0.481 e. The number of carboxylic acid groups (broad SMARTS) is 1. The van der Waals surface area contributed by atoms with E-state index in [1.807, 2.05) is 37.3 Å². The van der Waals surface area contributed by atoms with Crippen LogP contribution in [0, 0.1) is 5.92 Å². The highest BCUT2D eigenvalue weighted by molar-refractivity contribution is 5.92. The average Bonchev–Trinajstić information content (AvgIpc) is 2.49.